The van der Waals surface area contributed by atoms with Crippen molar-refractivity contribution in [1.82, 2.24) is 15.1 Å². The average molecular weight is 512 g/mol. The number of benzene rings is 1. The van der Waals surface area contributed by atoms with Gasteiger partial charge in [-0.3, -0.25) is 19.2 Å². The van der Waals surface area contributed by atoms with Gasteiger partial charge in [-0.25, -0.2) is 0 Å². The molecule has 0 bridgehead atoms. The summed E-state index contributed by atoms with van der Waals surface area (Å²) in [4.78, 5) is 55.3. The Bertz CT molecular complexity index is 984. The molecule has 3 amide bonds. The van der Waals surface area contributed by atoms with Gasteiger partial charge in [0, 0.05) is 31.1 Å². The van der Waals surface area contributed by atoms with Gasteiger partial charge in [0.1, 0.15) is 0 Å². The molecule has 2 aliphatic carbocycles. The van der Waals surface area contributed by atoms with Gasteiger partial charge in [-0.05, 0) is 50.2 Å². The van der Waals surface area contributed by atoms with Crippen molar-refractivity contribution in [3.63, 3.8) is 0 Å². The average Bonchev–Trinajstić information content (AvgIpc) is 3.57. The Balaban J connectivity index is 1.54. The molecule has 202 valence electrons. The minimum atomic E-state index is -1.07. The van der Waals surface area contributed by atoms with E-state index < -0.39 is 24.1 Å². The first-order valence-corrected chi connectivity index (χ1v) is 14.0. The van der Waals surface area contributed by atoms with Crippen LogP contribution in [0.5, 0.6) is 0 Å². The highest BCUT2D eigenvalue weighted by atomic mass is 16.4. The summed E-state index contributed by atoms with van der Waals surface area (Å²) in [5.74, 6) is -1.18. The molecule has 2 N–H and O–H groups in total. The fraction of sp³-hybridized carbons (Fsp3) is 0.655. The maximum absolute atomic E-state index is 13.8. The fourth-order valence-electron chi connectivity index (χ4n) is 6.42. The van der Waals surface area contributed by atoms with Crippen molar-refractivity contribution in [2.24, 2.45) is 11.8 Å². The van der Waals surface area contributed by atoms with E-state index >= 15 is 0 Å². The number of rotatable bonds is 9. The molecule has 37 heavy (non-hydrogen) atoms. The molecule has 1 aromatic rings. The van der Waals surface area contributed by atoms with Crippen molar-refractivity contribution < 1.29 is 24.3 Å². The summed E-state index contributed by atoms with van der Waals surface area (Å²) in [6.07, 6.45) is 9.55. The van der Waals surface area contributed by atoms with Crippen LogP contribution in [0.4, 0.5) is 0 Å². The number of carboxylic acid groups (broad SMARTS) is 1. The Kier molecular flexibility index (Phi) is 9.22. The van der Waals surface area contributed by atoms with E-state index in [1.807, 2.05) is 19.1 Å². The van der Waals surface area contributed by atoms with E-state index in [4.69, 9.17) is 0 Å². The normalized spacial score (nSPS) is 21.7. The summed E-state index contributed by atoms with van der Waals surface area (Å²) in [6, 6.07) is 6.72. The molecule has 8 heteroatoms. The molecular formula is C29H41N3O5. The van der Waals surface area contributed by atoms with Crippen LogP contribution in [0.15, 0.2) is 24.3 Å². The molecule has 3 aliphatic rings. The third-order valence-electron chi connectivity index (χ3n) is 8.44. The van der Waals surface area contributed by atoms with Gasteiger partial charge >= 0.3 is 5.97 Å². The first-order chi connectivity index (χ1) is 17.8. The van der Waals surface area contributed by atoms with Crippen LogP contribution in [0.25, 0.3) is 0 Å². The molecule has 0 radical (unpaired) electrons. The number of hydrogen-bond donors (Lipinski definition) is 2. The lowest BCUT2D eigenvalue weighted by molar-refractivity contribution is -0.143. The van der Waals surface area contributed by atoms with E-state index in [0.29, 0.717) is 24.4 Å². The monoisotopic (exact) mass is 511 g/mol. The highest BCUT2D eigenvalue weighted by molar-refractivity contribution is 5.99. The van der Waals surface area contributed by atoms with Crippen molar-refractivity contribution in [1.29, 1.82) is 0 Å². The molecule has 8 nitrogen and oxygen atoms in total. The Morgan fingerprint density at radius 2 is 1.65 bits per heavy atom. The van der Waals surface area contributed by atoms with E-state index in [9.17, 15) is 24.3 Å². The zero-order valence-electron chi connectivity index (χ0n) is 22.0. The molecule has 0 aromatic heterocycles. The standard InChI is InChI=1S/C29H41N3O5/c1-20-8-7-13-23(18-20)29(37)32-17-16-31(25(33)15-14-21-9-5-6-10-21)28(32)27(36)30-24(19-26(34)35)22-11-3-2-4-12-22/h7-8,13,18,21-22,24,28H,2-6,9-12,14-17,19H2,1H3,(H,30,36)(H,34,35). The van der Waals surface area contributed by atoms with E-state index in [1.54, 1.807) is 12.1 Å². The van der Waals surface area contributed by atoms with Crippen LogP contribution in [0, 0.1) is 18.8 Å². The summed E-state index contributed by atoms with van der Waals surface area (Å²) < 4.78 is 0. The Hall–Kier alpha value is -2.90. The van der Waals surface area contributed by atoms with Gasteiger partial charge in [-0.2, -0.15) is 0 Å². The van der Waals surface area contributed by atoms with Gasteiger partial charge in [0.05, 0.1) is 6.42 Å². The molecule has 2 atom stereocenters. The molecule has 1 saturated heterocycles. The lowest BCUT2D eigenvalue weighted by Crippen LogP contribution is -2.57. The van der Waals surface area contributed by atoms with Crippen LogP contribution < -0.4 is 5.32 Å². The van der Waals surface area contributed by atoms with E-state index in [0.717, 1.165) is 56.9 Å². The minimum absolute atomic E-state index is 0.0858. The first kappa shape index (κ1) is 27.1. The predicted molar refractivity (Wildman–Crippen MR) is 140 cm³/mol. The van der Waals surface area contributed by atoms with Gasteiger partial charge in [0.15, 0.2) is 6.17 Å². The number of carboxylic acids is 1. The quantitative estimate of drug-likeness (QED) is 0.519. The van der Waals surface area contributed by atoms with Crippen LogP contribution in [0.3, 0.4) is 0 Å². The second-order valence-corrected chi connectivity index (χ2v) is 11.1. The number of nitrogens with zero attached hydrogens (tertiary/aromatic N) is 2. The van der Waals surface area contributed by atoms with Crippen LogP contribution in [0.2, 0.25) is 0 Å². The topological polar surface area (TPSA) is 107 Å². The SMILES string of the molecule is Cc1cccc(C(=O)N2CCN(C(=O)CCC3CCCC3)C2C(=O)NC(CC(=O)O)C2CCCCC2)c1. The zero-order chi connectivity index (χ0) is 26.4. The molecule has 1 aromatic carbocycles. The summed E-state index contributed by atoms with van der Waals surface area (Å²) in [5.41, 5.74) is 1.42. The highest BCUT2D eigenvalue weighted by Gasteiger charge is 2.44. The Morgan fingerprint density at radius 1 is 0.973 bits per heavy atom. The Labute approximate surface area is 219 Å². The fourth-order valence-corrected chi connectivity index (χ4v) is 6.42. The van der Waals surface area contributed by atoms with Gasteiger partial charge in [0.2, 0.25) is 5.91 Å². The lowest BCUT2D eigenvalue weighted by atomic mass is 9.82. The van der Waals surface area contributed by atoms with Crippen LogP contribution in [-0.4, -0.2) is 63.9 Å². The largest absolute Gasteiger partial charge is 0.481 e. The van der Waals surface area contributed by atoms with Gasteiger partial charge in [-0.15, -0.1) is 0 Å². The number of nitrogens with one attached hydrogen (secondary N) is 1. The van der Waals surface area contributed by atoms with Crippen LogP contribution in [-0.2, 0) is 14.4 Å². The maximum atomic E-state index is 13.8. The molecule has 1 heterocycles. The third-order valence-corrected chi connectivity index (χ3v) is 8.44. The first-order valence-electron chi connectivity index (χ1n) is 14.0. The molecule has 3 fully saturated rings. The minimum Gasteiger partial charge on any atom is -0.481 e. The number of aryl methyl sites for hydroxylation is 1. The molecule has 1 aliphatic heterocycles. The molecule has 4 rings (SSSR count). The number of carbonyl (C=O) groups is 4. The van der Waals surface area contributed by atoms with E-state index in [1.165, 1.54) is 22.6 Å². The number of aliphatic carboxylic acids is 1. The third kappa shape index (κ3) is 6.90. The van der Waals surface area contributed by atoms with Crippen molar-refractivity contribution in [3.8, 4) is 0 Å². The van der Waals surface area contributed by atoms with Gasteiger partial charge in [-0.1, -0.05) is 62.6 Å². The Morgan fingerprint density at radius 3 is 2.32 bits per heavy atom. The van der Waals surface area contributed by atoms with E-state index in [2.05, 4.69) is 5.32 Å². The predicted octanol–water partition coefficient (Wildman–Crippen LogP) is 4.12. The summed E-state index contributed by atoms with van der Waals surface area (Å²) in [5, 5.41) is 12.5. The van der Waals surface area contributed by atoms with Crippen LogP contribution in [0.1, 0.15) is 93.0 Å². The number of amides is 3. The summed E-state index contributed by atoms with van der Waals surface area (Å²) in [6.45, 7) is 2.48. The van der Waals surface area contributed by atoms with Gasteiger partial charge in [0.25, 0.3) is 11.8 Å². The maximum Gasteiger partial charge on any atom is 0.305 e. The molecule has 2 saturated carbocycles. The van der Waals surface area contributed by atoms with Crippen molar-refractivity contribution in [3.05, 3.63) is 35.4 Å². The highest BCUT2D eigenvalue weighted by Crippen LogP contribution is 2.31. The molecular weight excluding hydrogens is 470 g/mol. The van der Waals surface area contributed by atoms with Crippen LogP contribution >= 0.6 is 0 Å². The number of carbonyl (C=O) groups excluding carboxylic acids is 3. The molecule has 0 spiro atoms. The van der Waals surface area contributed by atoms with Crippen molar-refractivity contribution in [2.45, 2.75) is 96.2 Å². The summed E-state index contributed by atoms with van der Waals surface area (Å²) >= 11 is 0. The number of hydrogen-bond acceptors (Lipinski definition) is 4. The molecule has 2 unspecified atom stereocenters. The zero-order valence-corrected chi connectivity index (χ0v) is 22.0. The van der Waals surface area contributed by atoms with Crippen molar-refractivity contribution in [2.75, 3.05) is 13.1 Å². The smallest absolute Gasteiger partial charge is 0.305 e. The second kappa shape index (κ2) is 12.6. The lowest BCUT2D eigenvalue weighted by Gasteiger charge is -2.34. The van der Waals surface area contributed by atoms with Crippen molar-refractivity contribution >= 4 is 23.7 Å². The summed E-state index contributed by atoms with van der Waals surface area (Å²) in [7, 11) is 0. The second-order valence-electron chi connectivity index (χ2n) is 11.1. The van der Waals surface area contributed by atoms with E-state index in [-0.39, 0.29) is 30.7 Å². The van der Waals surface area contributed by atoms with Gasteiger partial charge < -0.3 is 20.2 Å².